The van der Waals surface area contributed by atoms with Crippen LogP contribution in [0.1, 0.15) is 45.0 Å². The SMILES string of the molecule is CC12CC(O)[C@@]3(F)C(C[C@H](F)C4=CC(=O)C=CC43C)C1C[C@H]1OC(c3ccc(F)cc3)OC12C(=O)SCC#N. The molecule has 1 N–H and O–H groups in total. The summed E-state index contributed by atoms with van der Waals surface area (Å²) in [5, 5.41) is 20.3. The quantitative estimate of drug-likeness (QED) is 0.574. The van der Waals surface area contributed by atoms with Gasteiger partial charge in [0.2, 0.25) is 5.12 Å². The minimum absolute atomic E-state index is 0.0221. The average molecular weight is 560 g/mol. The molecule has 1 saturated heterocycles. The molecule has 4 aliphatic carbocycles. The highest BCUT2D eigenvalue weighted by atomic mass is 32.2. The summed E-state index contributed by atoms with van der Waals surface area (Å²) >= 11 is 0.770. The number of fused-ring (bicyclic) bond motifs is 7. The van der Waals surface area contributed by atoms with E-state index in [1.165, 1.54) is 43.3 Å². The van der Waals surface area contributed by atoms with Crippen LogP contribution >= 0.6 is 11.8 Å². The molecule has 5 aliphatic rings. The summed E-state index contributed by atoms with van der Waals surface area (Å²) in [6.45, 7) is 3.27. The van der Waals surface area contributed by atoms with E-state index in [-0.39, 0.29) is 30.6 Å². The fourth-order valence-electron chi connectivity index (χ4n) is 8.27. The lowest BCUT2D eigenvalue weighted by molar-refractivity contribution is -0.232. The van der Waals surface area contributed by atoms with E-state index in [9.17, 15) is 19.1 Å². The van der Waals surface area contributed by atoms with Gasteiger partial charge in [0.05, 0.1) is 24.0 Å². The second-order valence-corrected chi connectivity index (χ2v) is 12.6. The Balaban J connectivity index is 1.44. The zero-order chi connectivity index (χ0) is 28.0. The molecule has 1 aliphatic heterocycles. The maximum Gasteiger partial charge on any atom is 0.225 e. The Kier molecular flexibility index (Phi) is 6.02. The summed E-state index contributed by atoms with van der Waals surface area (Å²) in [4.78, 5) is 25.9. The van der Waals surface area contributed by atoms with Crippen molar-refractivity contribution in [1.29, 1.82) is 5.26 Å². The second kappa shape index (κ2) is 8.77. The highest BCUT2D eigenvalue weighted by Crippen LogP contribution is 2.73. The van der Waals surface area contributed by atoms with Crippen molar-refractivity contribution < 1.29 is 37.3 Å². The maximum atomic E-state index is 17.5. The van der Waals surface area contributed by atoms with Gasteiger partial charge in [-0.05, 0) is 62.0 Å². The summed E-state index contributed by atoms with van der Waals surface area (Å²) in [7, 11) is 0. The van der Waals surface area contributed by atoms with Gasteiger partial charge in [-0.25, -0.2) is 13.2 Å². The highest BCUT2D eigenvalue weighted by molar-refractivity contribution is 8.14. The van der Waals surface area contributed by atoms with E-state index in [0.717, 1.165) is 17.8 Å². The number of ether oxygens (including phenoxy) is 2. The van der Waals surface area contributed by atoms with Gasteiger partial charge in [-0.15, -0.1) is 0 Å². The molecule has 0 spiro atoms. The van der Waals surface area contributed by atoms with Gasteiger partial charge >= 0.3 is 0 Å². The lowest BCUT2D eigenvalue weighted by atomic mass is 9.44. The first-order valence-corrected chi connectivity index (χ1v) is 14.0. The molecule has 0 bridgehead atoms. The number of thioether (sulfide) groups is 1. The number of allylic oxidation sites excluding steroid dienone is 4. The number of rotatable bonds is 3. The molecule has 39 heavy (non-hydrogen) atoms. The first-order valence-electron chi connectivity index (χ1n) is 13.0. The topological polar surface area (TPSA) is 96.6 Å². The zero-order valence-corrected chi connectivity index (χ0v) is 22.2. The lowest BCUT2D eigenvalue weighted by Crippen LogP contribution is -2.70. The Bertz CT molecular complexity index is 1350. The minimum Gasteiger partial charge on any atom is -0.390 e. The van der Waals surface area contributed by atoms with Gasteiger partial charge in [0.25, 0.3) is 0 Å². The molecule has 1 aromatic rings. The van der Waals surface area contributed by atoms with E-state index < -0.39 is 75.3 Å². The van der Waals surface area contributed by atoms with Gasteiger partial charge in [-0.1, -0.05) is 36.9 Å². The van der Waals surface area contributed by atoms with Gasteiger partial charge < -0.3 is 14.6 Å². The number of benzene rings is 1. The summed E-state index contributed by atoms with van der Waals surface area (Å²) in [5.74, 6) is -2.64. The Morgan fingerprint density at radius 3 is 2.64 bits per heavy atom. The normalized spacial score (nSPS) is 46.0. The highest BCUT2D eigenvalue weighted by Gasteiger charge is 2.80. The van der Waals surface area contributed by atoms with Crippen LogP contribution < -0.4 is 0 Å². The van der Waals surface area contributed by atoms with Crippen LogP contribution in [0, 0.1) is 39.8 Å². The lowest BCUT2D eigenvalue weighted by Gasteiger charge is -2.63. The molecule has 3 saturated carbocycles. The van der Waals surface area contributed by atoms with E-state index in [1.807, 2.05) is 6.07 Å². The van der Waals surface area contributed by atoms with E-state index in [0.29, 0.717) is 5.56 Å². The van der Waals surface area contributed by atoms with E-state index in [4.69, 9.17) is 14.7 Å². The minimum atomic E-state index is -2.30. The standard InChI is InChI=1S/C29H28F3NO5S/c1-26-8-7-17(34)11-20(26)21(31)12-19-18-13-23-29(25(36)39-10-9-33,27(18,2)14-22(35)28(19,26)32)38-24(37-23)15-3-5-16(30)6-4-15/h3-8,11,18-19,21-24,35H,10,12-14H2,1-2H3/t18?,19?,21-,22?,23+,24?,26?,27?,28-,29?/m0/s1. The van der Waals surface area contributed by atoms with Gasteiger partial charge in [-0.2, -0.15) is 5.26 Å². The van der Waals surface area contributed by atoms with E-state index in [1.54, 1.807) is 6.92 Å². The van der Waals surface area contributed by atoms with Crippen molar-refractivity contribution in [3.63, 3.8) is 0 Å². The summed E-state index contributed by atoms with van der Waals surface area (Å²) in [6, 6.07) is 7.42. The Hall–Kier alpha value is -2.45. The fraction of sp³-hybridized carbons (Fsp3) is 0.552. The van der Waals surface area contributed by atoms with Crippen molar-refractivity contribution in [2.24, 2.45) is 22.7 Å². The average Bonchev–Trinajstić information content (AvgIpc) is 3.39. The van der Waals surface area contributed by atoms with Crippen molar-refractivity contribution in [3.05, 3.63) is 59.4 Å². The van der Waals surface area contributed by atoms with Crippen LogP contribution in [0.2, 0.25) is 0 Å². The number of hydrogen-bond donors (Lipinski definition) is 1. The van der Waals surface area contributed by atoms with Gasteiger partial charge in [0, 0.05) is 22.3 Å². The zero-order valence-electron chi connectivity index (χ0n) is 21.4. The Labute approximate surface area is 228 Å². The molecule has 1 heterocycles. The van der Waals surface area contributed by atoms with Crippen LogP contribution in [0.25, 0.3) is 0 Å². The van der Waals surface area contributed by atoms with E-state index >= 15 is 8.78 Å². The van der Waals surface area contributed by atoms with Crippen LogP contribution in [-0.2, 0) is 19.1 Å². The predicted octanol–water partition coefficient (Wildman–Crippen LogP) is 4.69. The number of aliphatic hydroxyl groups is 1. The molecule has 0 aromatic heterocycles. The number of hydrogen-bond acceptors (Lipinski definition) is 7. The van der Waals surface area contributed by atoms with Gasteiger partial charge in [0.15, 0.2) is 23.3 Å². The maximum absolute atomic E-state index is 17.5. The summed E-state index contributed by atoms with van der Waals surface area (Å²) < 4.78 is 59.4. The smallest absolute Gasteiger partial charge is 0.225 e. The predicted molar refractivity (Wildman–Crippen MR) is 135 cm³/mol. The van der Waals surface area contributed by atoms with Crippen molar-refractivity contribution in [2.75, 3.05) is 5.75 Å². The number of carbonyl (C=O) groups is 2. The molecule has 6 rings (SSSR count). The first-order chi connectivity index (χ1) is 18.4. The molecule has 0 radical (unpaired) electrons. The van der Waals surface area contributed by atoms with Crippen LogP contribution in [0.3, 0.4) is 0 Å². The van der Waals surface area contributed by atoms with Crippen LogP contribution in [0.4, 0.5) is 13.2 Å². The molecule has 0 amide bonds. The third-order valence-corrected chi connectivity index (χ3v) is 10.9. The van der Waals surface area contributed by atoms with Crippen LogP contribution in [0.5, 0.6) is 0 Å². The third kappa shape index (κ3) is 3.33. The van der Waals surface area contributed by atoms with Crippen molar-refractivity contribution >= 4 is 22.7 Å². The second-order valence-electron chi connectivity index (χ2n) is 11.7. The molecule has 1 aromatic carbocycles. The Morgan fingerprint density at radius 2 is 1.95 bits per heavy atom. The molecule has 7 unspecified atom stereocenters. The van der Waals surface area contributed by atoms with Crippen LogP contribution in [0.15, 0.2) is 48.1 Å². The first kappa shape index (κ1) is 26.8. The number of halogens is 3. The third-order valence-electron chi connectivity index (χ3n) is 10.1. The number of carbonyl (C=O) groups excluding carboxylic acids is 2. The number of aliphatic hydroxyl groups excluding tert-OH is 1. The number of ketones is 1. The molecule has 206 valence electrons. The summed E-state index contributed by atoms with van der Waals surface area (Å²) in [5.41, 5.74) is -6.16. The number of alkyl halides is 2. The van der Waals surface area contributed by atoms with E-state index in [2.05, 4.69) is 0 Å². The monoisotopic (exact) mass is 559 g/mol. The van der Waals surface area contributed by atoms with Crippen molar-refractivity contribution in [3.8, 4) is 6.07 Å². The fourth-order valence-corrected chi connectivity index (χ4v) is 9.09. The number of nitrogens with zero attached hydrogens (tertiary/aromatic N) is 1. The van der Waals surface area contributed by atoms with Crippen molar-refractivity contribution in [1.82, 2.24) is 0 Å². The molecular weight excluding hydrogens is 531 g/mol. The summed E-state index contributed by atoms with van der Waals surface area (Å²) in [6.07, 6.45) is -1.66. The van der Waals surface area contributed by atoms with Crippen LogP contribution in [-0.4, -0.2) is 51.4 Å². The van der Waals surface area contributed by atoms with Gasteiger partial charge in [-0.3, -0.25) is 9.59 Å². The van der Waals surface area contributed by atoms with Crippen molar-refractivity contribution in [2.45, 2.75) is 69.0 Å². The molecular formula is C29H28F3NO5S. The largest absolute Gasteiger partial charge is 0.390 e. The Morgan fingerprint density at radius 1 is 1.23 bits per heavy atom. The van der Waals surface area contributed by atoms with Gasteiger partial charge in [0.1, 0.15) is 12.0 Å². The molecule has 10 heteroatoms. The molecule has 10 atom stereocenters. The number of nitriles is 1. The molecule has 6 nitrogen and oxygen atoms in total. The molecule has 4 fully saturated rings.